The van der Waals surface area contributed by atoms with E-state index in [0.717, 1.165) is 13.0 Å². The van der Waals surface area contributed by atoms with Gasteiger partial charge in [0.05, 0.1) is 6.01 Å². The summed E-state index contributed by atoms with van der Waals surface area (Å²) in [7, 11) is 0. The molecule has 0 aromatic carbocycles. The monoisotopic (exact) mass is 163 g/mol. The summed E-state index contributed by atoms with van der Waals surface area (Å²) >= 11 is 0. The highest BCUT2D eigenvalue weighted by molar-refractivity contribution is 5.85. The van der Waals surface area contributed by atoms with Gasteiger partial charge in [0.15, 0.2) is 0 Å². The number of nitrogens with zero attached hydrogens (tertiary/aromatic N) is 2. The second kappa shape index (κ2) is 8.63. The summed E-state index contributed by atoms with van der Waals surface area (Å²) in [6, 6.07) is 2.51. The maximum absolute atomic E-state index is 5.42. The van der Waals surface area contributed by atoms with E-state index >= 15 is 0 Å². The molecule has 0 aliphatic heterocycles. The summed E-state index contributed by atoms with van der Waals surface area (Å²) < 4.78 is 0. The Bertz CT molecular complexity index is 118. The van der Waals surface area contributed by atoms with Crippen LogP contribution in [0.2, 0.25) is 0 Å². The Kier molecular flexibility index (Phi) is 10.6. The van der Waals surface area contributed by atoms with Crippen LogP contribution < -0.4 is 5.73 Å². The van der Waals surface area contributed by atoms with Crippen molar-refractivity contribution in [3.8, 4) is 0 Å². The van der Waals surface area contributed by atoms with Crippen LogP contribution in [0.4, 0.5) is 0 Å². The average Bonchev–Trinajstić information content (AvgIpc) is 1.89. The Morgan fingerprint density at radius 2 is 2.10 bits per heavy atom. The molecule has 0 saturated heterocycles. The molecule has 0 aliphatic rings. The van der Waals surface area contributed by atoms with Crippen molar-refractivity contribution in [3.63, 3.8) is 0 Å². The minimum atomic E-state index is -0.125. The minimum Gasteiger partial charge on any atom is -0.309 e. The van der Waals surface area contributed by atoms with Gasteiger partial charge in [-0.05, 0) is 13.3 Å². The van der Waals surface area contributed by atoms with Crippen LogP contribution in [0.25, 0.3) is 0 Å². The predicted molar refractivity (Wildman–Crippen MR) is 45.9 cm³/mol. The van der Waals surface area contributed by atoms with Gasteiger partial charge in [-0.3, -0.25) is 0 Å². The first-order valence-electron chi connectivity index (χ1n) is 3.18. The van der Waals surface area contributed by atoms with Gasteiger partial charge >= 0.3 is 0 Å². The summed E-state index contributed by atoms with van der Waals surface area (Å²) in [6.07, 6.45) is 0.715. The lowest BCUT2D eigenvalue weighted by Crippen LogP contribution is -2.14. The summed E-state index contributed by atoms with van der Waals surface area (Å²) in [4.78, 5) is 7.56. The second-order valence-electron chi connectivity index (χ2n) is 1.68. The highest BCUT2D eigenvalue weighted by atomic mass is 35.5. The molecule has 0 bridgehead atoms. The van der Waals surface area contributed by atoms with Crippen LogP contribution in [-0.2, 0) is 0 Å². The van der Waals surface area contributed by atoms with Crippen LogP contribution in [-0.4, -0.2) is 18.7 Å². The molecule has 3 nitrogen and oxygen atoms in total. The van der Waals surface area contributed by atoms with E-state index in [4.69, 9.17) is 5.73 Å². The van der Waals surface area contributed by atoms with Crippen molar-refractivity contribution in [2.75, 3.05) is 6.54 Å². The molecule has 0 radical (unpaired) electrons. The van der Waals surface area contributed by atoms with Gasteiger partial charge in [-0.25, -0.2) is 9.98 Å². The van der Waals surface area contributed by atoms with Gasteiger partial charge in [0.1, 0.15) is 6.17 Å². The molecule has 60 valence electrons. The van der Waals surface area contributed by atoms with Crippen LogP contribution in [0.1, 0.15) is 20.3 Å². The normalized spacial score (nSPS) is 10.7. The molecule has 10 heavy (non-hydrogen) atoms. The molecule has 2 N–H and O–H groups in total. The molecule has 0 spiro atoms. The van der Waals surface area contributed by atoms with Crippen molar-refractivity contribution in [1.82, 2.24) is 0 Å². The van der Waals surface area contributed by atoms with Gasteiger partial charge in [-0.15, -0.1) is 12.4 Å². The van der Waals surface area contributed by atoms with Crippen molar-refractivity contribution in [3.05, 3.63) is 0 Å². The van der Waals surface area contributed by atoms with E-state index in [9.17, 15) is 0 Å². The van der Waals surface area contributed by atoms with E-state index in [-0.39, 0.29) is 18.6 Å². The quantitative estimate of drug-likeness (QED) is 0.627. The number of halogens is 1. The Hall–Kier alpha value is -0.370. The van der Waals surface area contributed by atoms with Crippen LogP contribution in [0.3, 0.4) is 0 Å². The molecule has 0 aromatic rings. The lowest BCUT2D eigenvalue weighted by Gasteiger charge is -1.94. The largest absolute Gasteiger partial charge is 0.309 e. The molecule has 0 heterocycles. The molecular formula is C6H14ClN3. The van der Waals surface area contributed by atoms with E-state index < -0.39 is 0 Å². The fraction of sp³-hybridized carbons (Fsp3) is 0.833. The minimum absolute atomic E-state index is 0. The first-order valence-corrected chi connectivity index (χ1v) is 3.18. The van der Waals surface area contributed by atoms with Crippen molar-refractivity contribution >= 4 is 18.4 Å². The van der Waals surface area contributed by atoms with Crippen LogP contribution >= 0.6 is 12.4 Å². The molecular weight excluding hydrogens is 150 g/mol. The smallest absolute Gasteiger partial charge is 0.108 e. The predicted octanol–water partition coefficient (Wildman–Crippen LogP) is 1.30. The van der Waals surface area contributed by atoms with E-state index in [0.29, 0.717) is 0 Å². The zero-order chi connectivity index (χ0) is 7.11. The van der Waals surface area contributed by atoms with E-state index in [2.05, 4.69) is 16.0 Å². The van der Waals surface area contributed by atoms with Gasteiger partial charge in [-0.1, -0.05) is 6.92 Å². The molecule has 0 aromatic heterocycles. The molecule has 0 amide bonds. The number of hydrogen-bond acceptors (Lipinski definition) is 3. The topological polar surface area (TPSA) is 50.7 Å². The second-order valence-corrected chi connectivity index (χ2v) is 1.68. The lowest BCUT2D eigenvalue weighted by atomic mass is 10.4. The highest BCUT2D eigenvalue weighted by Gasteiger charge is 1.88. The fourth-order valence-electron chi connectivity index (χ4n) is 0.277. The first kappa shape index (κ1) is 12.3. The maximum atomic E-state index is 5.42. The third-order valence-corrected chi connectivity index (χ3v) is 0.871. The van der Waals surface area contributed by atoms with E-state index in [1.54, 1.807) is 0 Å². The van der Waals surface area contributed by atoms with E-state index in [1.807, 2.05) is 13.8 Å². The first-order chi connectivity index (χ1) is 4.31. The molecule has 4 heteroatoms. The summed E-state index contributed by atoms with van der Waals surface area (Å²) in [5, 5.41) is 0. The standard InChI is InChI=1S/C6H13N3.ClH/c1-3-6(7)9-5-8-4-2;/h6H,3-4,7H2,1-2H3;1H. The Balaban J connectivity index is 0. The van der Waals surface area contributed by atoms with Gasteiger partial charge in [-0.2, -0.15) is 0 Å². The zero-order valence-electron chi connectivity index (χ0n) is 6.37. The SMILES string of the molecule is CCN=C=NC(N)CC.Cl. The maximum Gasteiger partial charge on any atom is 0.108 e. The number of aliphatic imine (C=N–C) groups is 2. The lowest BCUT2D eigenvalue weighted by molar-refractivity contribution is 0.687. The number of rotatable bonds is 3. The average molecular weight is 164 g/mol. The zero-order valence-corrected chi connectivity index (χ0v) is 7.19. The molecule has 0 saturated carbocycles. The highest BCUT2D eigenvalue weighted by Crippen LogP contribution is 1.83. The number of nitrogens with two attached hydrogens (primary N) is 1. The fourth-order valence-corrected chi connectivity index (χ4v) is 0.277. The van der Waals surface area contributed by atoms with Gasteiger partial charge in [0, 0.05) is 6.54 Å². The third-order valence-electron chi connectivity index (χ3n) is 0.871. The number of hydrogen-bond donors (Lipinski definition) is 1. The van der Waals surface area contributed by atoms with Crippen molar-refractivity contribution < 1.29 is 0 Å². The Labute approximate surface area is 67.8 Å². The summed E-state index contributed by atoms with van der Waals surface area (Å²) in [6.45, 7) is 4.63. The van der Waals surface area contributed by atoms with Crippen LogP contribution in [0.5, 0.6) is 0 Å². The molecule has 1 unspecified atom stereocenters. The van der Waals surface area contributed by atoms with E-state index in [1.165, 1.54) is 0 Å². The van der Waals surface area contributed by atoms with Gasteiger partial charge in [0.25, 0.3) is 0 Å². The van der Waals surface area contributed by atoms with Crippen molar-refractivity contribution in [2.45, 2.75) is 26.4 Å². The van der Waals surface area contributed by atoms with Crippen molar-refractivity contribution in [2.24, 2.45) is 15.7 Å². The molecule has 0 aliphatic carbocycles. The van der Waals surface area contributed by atoms with Crippen LogP contribution in [0.15, 0.2) is 9.98 Å². The summed E-state index contributed by atoms with van der Waals surface area (Å²) in [5.74, 6) is 0. The van der Waals surface area contributed by atoms with Gasteiger partial charge in [0.2, 0.25) is 0 Å². The van der Waals surface area contributed by atoms with Gasteiger partial charge < -0.3 is 5.73 Å². The van der Waals surface area contributed by atoms with Crippen molar-refractivity contribution in [1.29, 1.82) is 0 Å². The summed E-state index contributed by atoms with van der Waals surface area (Å²) in [5.41, 5.74) is 5.42. The van der Waals surface area contributed by atoms with Crippen LogP contribution in [0, 0.1) is 0 Å². The Morgan fingerprint density at radius 3 is 2.50 bits per heavy atom. The molecule has 0 rings (SSSR count). The Morgan fingerprint density at radius 1 is 1.50 bits per heavy atom. The molecule has 0 fully saturated rings. The third kappa shape index (κ3) is 7.63. The molecule has 1 atom stereocenters.